The number of ether oxygens (including phenoxy) is 1. The van der Waals surface area contributed by atoms with Crippen LogP contribution in [0.2, 0.25) is 0 Å². The Morgan fingerprint density at radius 1 is 0.875 bits per heavy atom. The van der Waals surface area contributed by atoms with Gasteiger partial charge in [-0.25, -0.2) is 0 Å². The first-order chi connectivity index (χ1) is 15.3. The van der Waals surface area contributed by atoms with Crippen LogP contribution in [-0.4, -0.2) is 37.4 Å². The first kappa shape index (κ1) is 23.0. The summed E-state index contributed by atoms with van der Waals surface area (Å²) in [5.41, 5.74) is 5.49. The molecule has 0 spiro atoms. The van der Waals surface area contributed by atoms with Crippen LogP contribution in [0.4, 0.5) is 11.4 Å². The van der Waals surface area contributed by atoms with E-state index in [9.17, 15) is 9.59 Å². The number of nitrogens with zero attached hydrogens (tertiary/aromatic N) is 1. The van der Waals surface area contributed by atoms with E-state index in [1.807, 2.05) is 11.9 Å². The highest BCUT2D eigenvalue weighted by atomic mass is 16.5. The van der Waals surface area contributed by atoms with Gasteiger partial charge in [0.2, 0.25) is 5.91 Å². The second-order valence-corrected chi connectivity index (χ2v) is 7.91. The fourth-order valence-corrected chi connectivity index (χ4v) is 3.40. The Balaban J connectivity index is 1.51. The zero-order valence-corrected chi connectivity index (χ0v) is 18.9. The summed E-state index contributed by atoms with van der Waals surface area (Å²) < 4.78 is 5.12. The molecule has 2 amide bonds. The number of hydrogen-bond donors (Lipinski definition) is 2. The zero-order valence-electron chi connectivity index (χ0n) is 18.9. The van der Waals surface area contributed by atoms with Crippen molar-refractivity contribution in [2.45, 2.75) is 20.4 Å². The van der Waals surface area contributed by atoms with Crippen molar-refractivity contribution in [1.82, 2.24) is 4.90 Å². The minimum atomic E-state index is -0.221. The van der Waals surface area contributed by atoms with Crippen molar-refractivity contribution in [2.75, 3.05) is 31.3 Å². The highest BCUT2D eigenvalue weighted by Crippen LogP contribution is 2.17. The topological polar surface area (TPSA) is 70.7 Å². The minimum absolute atomic E-state index is 0.104. The maximum atomic E-state index is 12.4. The lowest BCUT2D eigenvalue weighted by Gasteiger charge is -2.18. The summed E-state index contributed by atoms with van der Waals surface area (Å²) in [6.07, 6.45) is 0. The van der Waals surface area contributed by atoms with Gasteiger partial charge in [0, 0.05) is 23.5 Å². The van der Waals surface area contributed by atoms with Gasteiger partial charge in [-0.15, -0.1) is 0 Å². The van der Waals surface area contributed by atoms with Crippen LogP contribution in [0.25, 0.3) is 0 Å². The fourth-order valence-electron chi connectivity index (χ4n) is 3.40. The van der Waals surface area contributed by atoms with E-state index in [1.54, 1.807) is 55.6 Å². The maximum absolute atomic E-state index is 12.4. The molecule has 2 N–H and O–H groups in total. The number of carbonyl (C=O) groups excluding carboxylic acids is 2. The molecular weight excluding hydrogens is 402 g/mol. The van der Waals surface area contributed by atoms with E-state index in [0.29, 0.717) is 23.5 Å². The van der Waals surface area contributed by atoms with Gasteiger partial charge < -0.3 is 15.4 Å². The van der Waals surface area contributed by atoms with Crippen molar-refractivity contribution in [2.24, 2.45) is 0 Å². The first-order valence-corrected chi connectivity index (χ1v) is 10.4. The number of carbonyl (C=O) groups is 2. The molecular formula is C26H29N3O3. The molecule has 0 unspecified atom stereocenters. The fraction of sp³-hybridized carbons (Fsp3) is 0.231. The van der Waals surface area contributed by atoms with Crippen molar-refractivity contribution in [3.8, 4) is 5.75 Å². The standard InChI is InChI=1S/C26H29N3O3/c1-18-5-6-21(19(2)15-18)16-29(3)17-25(30)27-22-9-7-20(8-10-22)26(31)28-23-11-13-24(32-4)14-12-23/h5-15H,16-17H2,1-4H3,(H,27,30)(H,28,31). The van der Waals surface area contributed by atoms with Crippen molar-refractivity contribution >= 4 is 23.2 Å². The lowest BCUT2D eigenvalue weighted by Crippen LogP contribution is -2.30. The average Bonchev–Trinajstić information content (AvgIpc) is 2.76. The molecule has 0 radical (unpaired) electrons. The lowest BCUT2D eigenvalue weighted by atomic mass is 10.1. The van der Waals surface area contributed by atoms with Crippen LogP contribution < -0.4 is 15.4 Å². The third-order valence-corrected chi connectivity index (χ3v) is 5.13. The van der Waals surface area contributed by atoms with E-state index in [1.165, 1.54) is 16.7 Å². The van der Waals surface area contributed by atoms with Crippen LogP contribution in [0.15, 0.2) is 66.7 Å². The molecule has 3 rings (SSSR count). The van der Waals surface area contributed by atoms with Gasteiger partial charge in [-0.3, -0.25) is 14.5 Å². The third-order valence-electron chi connectivity index (χ3n) is 5.13. The van der Waals surface area contributed by atoms with Gasteiger partial charge in [0.1, 0.15) is 5.75 Å². The molecule has 0 aliphatic carbocycles. The number of amides is 2. The molecule has 0 fully saturated rings. The molecule has 0 aromatic heterocycles. The predicted octanol–water partition coefficient (Wildman–Crippen LogP) is 4.63. The van der Waals surface area contributed by atoms with Crippen molar-refractivity contribution in [3.05, 3.63) is 89.0 Å². The zero-order chi connectivity index (χ0) is 23.1. The van der Waals surface area contributed by atoms with Crippen LogP contribution >= 0.6 is 0 Å². The van der Waals surface area contributed by atoms with E-state index < -0.39 is 0 Å². The normalized spacial score (nSPS) is 10.7. The average molecular weight is 432 g/mol. The monoisotopic (exact) mass is 431 g/mol. The van der Waals surface area contributed by atoms with Gasteiger partial charge in [-0.05, 0) is 80.6 Å². The second-order valence-electron chi connectivity index (χ2n) is 7.91. The van der Waals surface area contributed by atoms with Gasteiger partial charge in [0.15, 0.2) is 0 Å². The number of methoxy groups -OCH3 is 1. The number of likely N-dealkylation sites (N-methyl/N-ethyl adjacent to an activating group) is 1. The number of nitrogens with one attached hydrogen (secondary N) is 2. The molecule has 0 aliphatic rings. The summed E-state index contributed by atoms with van der Waals surface area (Å²) in [6.45, 7) is 5.13. The predicted molar refractivity (Wildman–Crippen MR) is 128 cm³/mol. The molecule has 6 nitrogen and oxygen atoms in total. The van der Waals surface area contributed by atoms with Crippen molar-refractivity contribution < 1.29 is 14.3 Å². The van der Waals surface area contributed by atoms with E-state index in [2.05, 4.69) is 42.7 Å². The Morgan fingerprint density at radius 2 is 1.50 bits per heavy atom. The van der Waals surface area contributed by atoms with Gasteiger partial charge in [-0.1, -0.05) is 23.8 Å². The number of rotatable bonds is 8. The molecule has 0 atom stereocenters. The molecule has 3 aromatic carbocycles. The molecule has 0 saturated heterocycles. The van der Waals surface area contributed by atoms with E-state index in [-0.39, 0.29) is 18.4 Å². The van der Waals surface area contributed by atoms with Crippen LogP contribution in [0.1, 0.15) is 27.0 Å². The Kier molecular flexibility index (Phi) is 7.63. The molecule has 0 bridgehead atoms. The number of hydrogen-bond acceptors (Lipinski definition) is 4. The largest absolute Gasteiger partial charge is 0.497 e. The number of benzene rings is 3. The van der Waals surface area contributed by atoms with Crippen molar-refractivity contribution in [3.63, 3.8) is 0 Å². The molecule has 3 aromatic rings. The van der Waals surface area contributed by atoms with E-state index in [0.717, 1.165) is 5.75 Å². The number of aryl methyl sites for hydroxylation is 2. The first-order valence-electron chi connectivity index (χ1n) is 10.4. The van der Waals surface area contributed by atoms with Crippen molar-refractivity contribution in [1.29, 1.82) is 0 Å². The maximum Gasteiger partial charge on any atom is 0.255 e. The highest BCUT2D eigenvalue weighted by Gasteiger charge is 2.11. The third kappa shape index (κ3) is 6.43. The van der Waals surface area contributed by atoms with Crippen LogP contribution in [0, 0.1) is 13.8 Å². The number of anilines is 2. The van der Waals surface area contributed by atoms with Gasteiger partial charge in [-0.2, -0.15) is 0 Å². The Bertz CT molecular complexity index is 1080. The summed E-state index contributed by atoms with van der Waals surface area (Å²) in [5.74, 6) is 0.400. The van der Waals surface area contributed by atoms with Crippen LogP contribution in [0.3, 0.4) is 0 Å². The van der Waals surface area contributed by atoms with Gasteiger partial charge in [0.05, 0.1) is 13.7 Å². The summed E-state index contributed by atoms with van der Waals surface area (Å²) in [5, 5.41) is 5.72. The molecule has 0 heterocycles. The molecule has 0 aliphatic heterocycles. The Morgan fingerprint density at radius 3 is 2.12 bits per heavy atom. The van der Waals surface area contributed by atoms with Gasteiger partial charge in [0.25, 0.3) is 5.91 Å². The minimum Gasteiger partial charge on any atom is -0.497 e. The van der Waals surface area contributed by atoms with E-state index >= 15 is 0 Å². The van der Waals surface area contributed by atoms with E-state index in [4.69, 9.17) is 4.74 Å². The Hall–Kier alpha value is -3.64. The van der Waals surface area contributed by atoms with Crippen LogP contribution in [0.5, 0.6) is 5.75 Å². The van der Waals surface area contributed by atoms with Gasteiger partial charge >= 0.3 is 0 Å². The second kappa shape index (κ2) is 10.6. The molecule has 6 heteroatoms. The Labute approximate surface area is 189 Å². The summed E-state index contributed by atoms with van der Waals surface area (Å²) >= 11 is 0. The molecule has 0 saturated carbocycles. The molecule has 32 heavy (non-hydrogen) atoms. The SMILES string of the molecule is COc1ccc(NC(=O)c2ccc(NC(=O)CN(C)Cc3ccc(C)cc3C)cc2)cc1. The quantitative estimate of drug-likeness (QED) is 0.545. The molecule has 166 valence electrons. The van der Waals surface area contributed by atoms with Crippen LogP contribution in [-0.2, 0) is 11.3 Å². The summed E-state index contributed by atoms with van der Waals surface area (Å²) in [4.78, 5) is 26.8. The lowest BCUT2D eigenvalue weighted by molar-refractivity contribution is -0.117. The highest BCUT2D eigenvalue weighted by molar-refractivity contribution is 6.04. The summed E-state index contributed by atoms with van der Waals surface area (Å²) in [6, 6.07) is 20.3. The summed E-state index contributed by atoms with van der Waals surface area (Å²) in [7, 11) is 3.52. The smallest absolute Gasteiger partial charge is 0.255 e.